The second-order valence-corrected chi connectivity index (χ2v) is 12.8. The van der Waals surface area contributed by atoms with E-state index >= 15 is 0 Å². The van der Waals surface area contributed by atoms with E-state index in [0.29, 0.717) is 11.1 Å². The van der Waals surface area contributed by atoms with Gasteiger partial charge in [0, 0.05) is 46.1 Å². The number of carboxylic acid groups (broad SMARTS) is 2. The molecule has 6 nitrogen and oxygen atoms in total. The van der Waals surface area contributed by atoms with Crippen molar-refractivity contribution < 1.29 is 48.4 Å². The van der Waals surface area contributed by atoms with E-state index in [1.54, 1.807) is 24.3 Å². The van der Waals surface area contributed by atoms with Crippen molar-refractivity contribution in [2.45, 2.75) is 71.6 Å². The van der Waals surface area contributed by atoms with Crippen molar-refractivity contribution in [3.05, 3.63) is 105 Å². The van der Waals surface area contributed by atoms with Gasteiger partial charge in [-0.3, -0.25) is 0 Å². The second-order valence-electron chi connectivity index (χ2n) is 12.5. The highest BCUT2D eigenvalue weighted by molar-refractivity contribution is 6.32. The van der Waals surface area contributed by atoms with E-state index in [-0.39, 0.29) is 34.8 Å². The number of hydrogen-bond donors (Lipinski definition) is 2. The molecule has 3 aliphatic rings. The van der Waals surface area contributed by atoms with Crippen LogP contribution in [0.2, 0.25) is 0 Å². The first-order valence-corrected chi connectivity index (χ1v) is 15.4. The quantitative estimate of drug-likeness (QED) is 0.298. The fraction of sp³-hybridized carbons (Fsp3) is 0.361. The molecule has 232 valence electrons. The monoisotopic (exact) mass is 726 g/mol. The van der Waals surface area contributed by atoms with Gasteiger partial charge in [0.2, 0.25) is 5.69 Å². The van der Waals surface area contributed by atoms with Gasteiger partial charge in [-0.15, -0.1) is 0 Å². The molecule has 2 heterocycles. The van der Waals surface area contributed by atoms with Crippen LogP contribution in [0.15, 0.2) is 82.6 Å². The van der Waals surface area contributed by atoms with E-state index in [4.69, 9.17) is 11.6 Å². The number of allylic oxidation sites excluding steroid dienone is 8. The van der Waals surface area contributed by atoms with Gasteiger partial charge in [-0.2, -0.15) is 4.58 Å². The van der Waals surface area contributed by atoms with Crippen LogP contribution < -0.4 is 28.9 Å². The summed E-state index contributed by atoms with van der Waals surface area (Å²) in [5.74, 6) is -1.84. The first-order chi connectivity index (χ1) is 20.3. The van der Waals surface area contributed by atoms with E-state index in [0.717, 1.165) is 82.4 Å². The molecule has 0 spiro atoms. The fourth-order valence-corrected chi connectivity index (χ4v) is 7.18. The van der Waals surface area contributed by atoms with E-state index in [9.17, 15) is 19.8 Å². The van der Waals surface area contributed by atoms with Gasteiger partial charge in [0.05, 0.1) is 16.5 Å². The SMILES string of the molecule is CCN1/C(=C/C=C2\CCCC(/C=C/C3=[N+](CC)c4ccc(C(=O)O)cc4C3(C)C)=C2Cl)C(C)(C)c2cc(C(=O)O)ccc21.[I-]. The topological polar surface area (TPSA) is 80.8 Å². The molecule has 0 saturated heterocycles. The lowest BCUT2D eigenvalue weighted by atomic mass is 9.80. The first-order valence-electron chi connectivity index (χ1n) is 15.0. The number of likely N-dealkylation sites (N-methyl/N-ethyl adjacent to an activating group) is 1. The Balaban J connectivity index is 0.00000442. The van der Waals surface area contributed by atoms with Crippen LogP contribution >= 0.6 is 11.6 Å². The lowest BCUT2D eigenvalue weighted by Crippen LogP contribution is -3.00. The van der Waals surface area contributed by atoms with Gasteiger partial charge in [-0.1, -0.05) is 37.6 Å². The summed E-state index contributed by atoms with van der Waals surface area (Å²) in [6, 6.07) is 10.8. The summed E-state index contributed by atoms with van der Waals surface area (Å²) in [5.41, 5.74) is 8.42. The van der Waals surface area contributed by atoms with Gasteiger partial charge in [0.15, 0.2) is 5.71 Å². The lowest BCUT2D eigenvalue weighted by molar-refractivity contribution is -0.433. The number of fused-ring (bicyclic) bond motifs is 2. The van der Waals surface area contributed by atoms with E-state index in [1.807, 2.05) is 12.1 Å². The van der Waals surface area contributed by atoms with Crippen LogP contribution in [-0.2, 0) is 10.8 Å². The third-order valence-corrected chi connectivity index (χ3v) is 9.74. The van der Waals surface area contributed by atoms with Gasteiger partial charge < -0.3 is 39.1 Å². The van der Waals surface area contributed by atoms with E-state index in [1.165, 1.54) is 0 Å². The highest BCUT2D eigenvalue weighted by atomic mass is 127. The molecule has 0 radical (unpaired) electrons. The molecular weight excluding hydrogens is 687 g/mol. The summed E-state index contributed by atoms with van der Waals surface area (Å²) in [6.07, 6.45) is 11.3. The lowest BCUT2D eigenvalue weighted by Gasteiger charge is -2.26. The van der Waals surface area contributed by atoms with Gasteiger partial charge in [-0.05, 0) is 100 Å². The molecule has 0 unspecified atom stereocenters. The molecule has 2 aromatic rings. The molecule has 1 aliphatic carbocycles. The van der Waals surface area contributed by atoms with Crippen LogP contribution in [0.5, 0.6) is 0 Å². The maximum atomic E-state index is 11.7. The third kappa shape index (κ3) is 5.69. The standard InChI is InChI=1S/C36H39ClN2O4.HI/c1-7-38-28-16-12-24(33(40)41)20-26(28)35(3,4)30(38)18-14-22-10-9-11-23(32(22)37)15-19-31-36(5,6)27-21-25(34(42)43)13-17-29(27)39(31)8-2;/h12-21H,7-11H2,1-6H3,(H-,40,41,42,43);1H. The normalized spacial score (nSPS) is 20.4. The number of halogens is 2. The highest BCUT2D eigenvalue weighted by Crippen LogP contribution is 2.48. The maximum Gasteiger partial charge on any atom is 0.335 e. The zero-order valence-corrected chi connectivity index (χ0v) is 29.1. The second kappa shape index (κ2) is 12.7. The molecular formula is C36H40ClIN2O4. The predicted molar refractivity (Wildman–Crippen MR) is 173 cm³/mol. The highest BCUT2D eigenvalue weighted by Gasteiger charge is 2.44. The van der Waals surface area contributed by atoms with Crippen LogP contribution in [-0.4, -0.2) is 45.5 Å². The average molecular weight is 727 g/mol. The Hall–Kier alpha value is -3.17. The molecule has 0 amide bonds. The van der Waals surface area contributed by atoms with Crippen molar-refractivity contribution in [3.8, 4) is 0 Å². The molecule has 2 aromatic carbocycles. The number of anilines is 1. The maximum absolute atomic E-state index is 11.7. The minimum Gasteiger partial charge on any atom is -1.00 e. The van der Waals surface area contributed by atoms with Crippen molar-refractivity contribution in [2.24, 2.45) is 0 Å². The summed E-state index contributed by atoms with van der Waals surface area (Å²) in [7, 11) is 0. The summed E-state index contributed by atoms with van der Waals surface area (Å²) in [5, 5.41) is 19.9. The number of carbonyl (C=O) groups is 2. The molecule has 0 saturated carbocycles. The summed E-state index contributed by atoms with van der Waals surface area (Å²) in [4.78, 5) is 25.6. The average Bonchev–Trinajstić information content (AvgIpc) is 3.32. The van der Waals surface area contributed by atoms with E-state index < -0.39 is 11.9 Å². The Morgan fingerprint density at radius 2 is 1.55 bits per heavy atom. The Labute approximate surface area is 282 Å². The zero-order valence-electron chi connectivity index (χ0n) is 26.2. The number of nitrogens with zero attached hydrogens (tertiary/aromatic N) is 2. The molecule has 0 aromatic heterocycles. The van der Waals surface area contributed by atoms with Crippen molar-refractivity contribution in [3.63, 3.8) is 0 Å². The van der Waals surface area contributed by atoms with Crippen LogP contribution in [0, 0.1) is 0 Å². The van der Waals surface area contributed by atoms with Crippen LogP contribution in [0.4, 0.5) is 11.4 Å². The first kappa shape index (κ1) is 33.7. The van der Waals surface area contributed by atoms with Crippen LogP contribution in [0.25, 0.3) is 0 Å². The van der Waals surface area contributed by atoms with Crippen molar-refractivity contribution >= 4 is 40.6 Å². The molecule has 8 heteroatoms. The molecule has 0 bridgehead atoms. The predicted octanol–water partition coefficient (Wildman–Crippen LogP) is 5.34. The van der Waals surface area contributed by atoms with Gasteiger partial charge in [-0.25, -0.2) is 9.59 Å². The summed E-state index contributed by atoms with van der Waals surface area (Å²) >= 11 is 7.06. The Morgan fingerprint density at radius 3 is 2.16 bits per heavy atom. The number of carboxylic acids is 2. The Kier molecular flexibility index (Phi) is 9.71. The van der Waals surface area contributed by atoms with Gasteiger partial charge in [0.25, 0.3) is 0 Å². The number of hydrogen-bond acceptors (Lipinski definition) is 3. The molecule has 0 atom stereocenters. The minimum absolute atomic E-state index is 0. The smallest absolute Gasteiger partial charge is 0.335 e. The van der Waals surface area contributed by atoms with Crippen molar-refractivity contribution in [1.82, 2.24) is 0 Å². The van der Waals surface area contributed by atoms with Crippen molar-refractivity contribution in [2.75, 3.05) is 18.0 Å². The molecule has 0 fully saturated rings. The number of rotatable bonds is 7. The number of benzene rings is 2. The Bertz CT molecular complexity index is 1690. The van der Waals surface area contributed by atoms with E-state index in [2.05, 4.69) is 75.3 Å². The fourth-order valence-electron chi connectivity index (χ4n) is 6.87. The molecule has 2 aliphatic heterocycles. The summed E-state index contributed by atoms with van der Waals surface area (Å²) < 4.78 is 2.25. The largest absolute Gasteiger partial charge is 1.00 e. The van der Waals surface area contributed by atoms with Gasteiger partial charge >= 0.3 is 11.9 Å². The number of aromatic carboxylic acids is 2. The van der Waals surface area contributed by atoms with Crippen LogP contribution in [0.1, 0.15) is 92.6 Å². The third-order valence-electron chi connectivity index (χ3n) is 9.25. The molecule has 2 N–H and O–H groups in total. The Morgan fingerprint density at radius 1 is 0.909 bits per heavy atom. The molecule has 5 rings (SSSR count). The van der Waals surface area contributed by atoms with Crippen molar-refractivity contribution in [1.29, 1.82) is 0 Å². The minimum atomic E-state index is -0.920. The van der Waals surface area contributed by atoms with Gasteiger partial charge in [0.1, 0.15) is 6.54 Å². The summed E-state index contributed by atoms with van der Waals surface area (Å²) in [6.45, 7) is 14.3. The zero-order chi connectivity index (χ0) is 31.3. The van der Waals surface area contributed by atoms with Crippen LogP contribution in [0.3, 0.4) is 0 Å². The molecule has 44 heavy (non-hydrogen) atoms.